The van der Waals surface area contributed by atoms with Gasteiger partial charge in [-0.05, 0) is 26.0 Å². The Kier molecular flexibility index (Phi) is 3.92. The van der Waals surface area contributed by atoms with Gasteiger partial charge in [-0.25, -0.2) is 0 Å². The molecule has 1 unspecified atom stereocenters. The third-order valence-corrected chi connectivity index (χ3v) is 5.29. The third-order valence-electron chi connectivity index (χ3n) is 1.99. The molecule has 0 aliphatic carbocycles. The fourth-order valence-corrected chi connectivity index (χ4v) is 3.19. The average molecular weight is 267 g/mol. The van der Waals surface area contributed by atoms with Crippen LogP contribution in [0.1, 0.15) is 18.7 Å². The molecule has 1 aromatic rings. The molecule has 0 radical (unpaired) electrons. The topological polar surface area (TPSA) is 54.4 Å². The number of carboxylic acid groups (broad SMARTS) is 1. The summed E-state index contributed by atoms with van der Waals surface area (Å²) in [6, 6.07) is 3.48. The Balaban J connectivity index is 2.76. The Labute approximate surface area is 99.5 Å². The zero-order chi connectivity index (χ0) is 11.6. The summed E-state index contributed by atoms with van der Waals surface area (Å²) in [5.41, 5.74) is 0. The zero-order valence-corrected chi connectivity index (χ0v) is 10.7. The minimum atomic E-state index is -1.45. The number of carbonyl (C=O) groups is 1. The van der Waals surface area contributed by atoms with Crippen LogP contribution in [0.25, 0.3) is 0 Å². The highest BCUT2D eigenvalue weighted by Crippen LogP contribution is 2.25. The van der Waals surface area contributed by atoms with E-state index >= 15 is 0 Å². The van der Waals surface area contributed by atoms with Gasteiger partial charge in [-0.1, -0.05) is 11.6 Å². The van der Waals surface area contributed by atoms with E-state index in [1.54, 1.807) is 12.1 Å². The lowest BCUT2D eigenvalue weighted by Gasteiger charge is -2.17. The Hall–Kier alpha value is -0.390. The summed E-state index contributed by atoms with van der Waals surface area (Å²) in [5, 5.41) is 8.88. The molecule has 0 aromatic carbocycles. The maximum absolute atomic E-state index is 11.8. The van der Waals surface area contributed by atoms with Gasteiger partial charge in [0.25, 0.3) is 0 Å². The summed E-state index contributed by atoms with van der Waals surface area (Å²) in [7, 11) is -1.45. The van der Waals surface area contributed by atoms with Crippen molar-refractivity contribution in [2.75, 3.05) is 0 Å². The van der Waals surface area contributed by atoms with Crippen molar-refractivity contribution in [3.05, 3.63) is 21.3 Å². The minimum absolute atomic E-state index is 0.233. The number of halogens is 1. The molecular formula is C9H11ClO3S2. The van der Waals surface area contributed by atoms with Gasteiger partial charge in [0.15, 0.2) is 0 Å². The van der Waals surface area contributed by atoms with Gasteiger partial charge in [-0.15, -0.1) is 11.3 Å². The number of thiophene rings is 1. The first-order chi connectivity index (χ1) is 6.84. The van der Waals surface area contributed by atoms with E-state index in [1.807, 2.05) is 0 Å². The maximum atomic E-state index is 11.8. The van der Waals surface area contributed by atoms with Crippen molar-refractivity contribution in [2.45, 2.75) is 24.3 Å². The van der Waals surface area contributed by atoms with Gasteiger partial charge in [0.2, 0.25) is 0 Å². The SMILES string of the molecule is CC(C)(C(=O)O)S(=O)Cc1ccc(Cl)s1. The van der Waals surface area contributed by atoms with E-state index < -0.39 is 21.5 Å². The van der Waals surface area contributed by atoms with Crippen molar-refractivity contribution in [1.82, 2.24) is 0 Å². The van der Waals surface area contributed by atoms with Gasteiger partial charge in [0.1, 0.15) is 4.75 Å². The number of carboxylic acids is 1. The third kappa shape index (κ3) is 3.03. The number of aliphatic carboxylic acids is 1. The highest BCUT2D eigenvalue weighted by Gasteiger charge is 2.34. The van der Waals surface area contributed by atoms with Crippen LogP contribution < -0.4 is 0 Å². The molecule has 1 atom stereocenters. The largest absolute Gasteiger partial charge is 0.480 e. The molecular weight excluding hydrogens is 256 g/mol. The normalized spacial score (nSPS) is 13.8. The molecule has 3 nitrogen and oxygen atoms in total. The molecule has 0 amide bonds. The second-order valence-electron chi connectivity index (χ2n) is 3.51. The van der Waals surface area contributed by atoms with Gasteiger partial charge < -0.3 is 5.11 Å². The standard InChI is InChI=1S/C9H11ClO3S2/c1-9(2,8(11)12)15(13)5-6-3-4-7(10)14-6/h3-4H,5H2,1-2H3,(H,11,12). The lowest BCUT2D eigenvalue weighted by molar-refractivity contribution is -0.139. The molecule has 0 spiro atoms. The summed E-state index contributed by atoms with van der Waals surface area (Å²) >= 11 is 7.05. The smallest absolute Gasteiger partial charge is 0.321 e. The van der Waals surface area contributed by atoms with E-state index in [4.69, 9.17) is 16.7 Å². The summed E-state index contributed by atoms with van der Waals surface area (Å²) in [6.07, 6.45) is 0. The molecule has 1 rings (SSSR count). The fraction of sp³-hybridized carbons (Fsp3) is 0.444. The monoisotopic (exact) mass is 266 g/mol. The highest BCUT2D eigenvalue weighted by molar-refractivity contribution is 7.86. The predicted octanol–water partition coefficient (Wildman–Crippen LogP) is 2.51. The molecule has 0 saturated carbocycles. The predicted molar refractivity (Wildman–Crippen MR) is 62.9 cm³/mol. The highest BCUT2D eigenvalue weighted by atomic mass is 35.5. The van der Waals surface area contributed by atoms with Crippen molar-refractivity contribution in [3.63, 3.8) is 0 Å². The van der Waals surface area contributed by atoms with Gasteiger partial charge in [-0.2, -0.15) is 0 Å². The second-order valence-corrected chi connectivity index (χ2v) is 7.31. The van der Waals surface area contributed by atoms with Crippen LogP contribution >= 0.6 is 22.9 Å². The van der Waals surface area contributed by atoms with Crippen LogP contribution in [0.4, 0.5) is 0 Å². The number of hydrogen-bond acceptors (Lipinski definition) is 3. The molecule has 0 aliphatic heterocycles. The van der Waals surface area contributed by atoms with Crippen LogP contribution in [0.5, 0.6) is 0 Å². The summed E-state index contributed by atoms with van der Waals surface area (Å²) in [6.45, 7) is 2.92. The van der Waals surface area contributed by atoms with Crippen LogP contribution in [-0.2, 0) is 21.3 Å². The van der Waals surface area contributed by atoms with Crippen LogP contribution in [0.15, 0.2) is 12.1 Å². The Morgan fingerprint density at radius 3 is 2.60 bits per heavy atom. The van der Waals surface area contributed by atoms with Crippen LogP contribution in [0, 0.1) is 0 Å². The summed E-state index contributed by atoms with van der Waals surface area (Å²) in [4.78, 5) is 11.7. The summed E-state index contributed by atoms with van der Waals surface area (Å²) in [5.74, 6) is -0.820. The van der Waals surface area contributed by atoms with Gasteiger partial charge in [0.05, 0.1) is 10.1 Å². The van der Waals surface area contributed by atoms with Crippen molar-refractivity contribution < 1.29 is 14.1 Å². The van der Waals surface area contributed by atoms with Crippen molar-refractivity contribution >= 4 is 39.7 Å². The van der Waals surface area contributed by atoms with E-state index in [-0.39, 0.29) is 5.75 Å². The van der Waals surface area contributed by atoms with Crippen molar-refractivity contribution in [3.8, 4) is 0 Å². The van der Waals surface area contributed by atoms with Crippen LogP contribution in [-0.4, -0.2) is 20.0 Å². The number of hydrogen-bond donors (Lipinski definition) is 1. The van der Waals surface area contributed by atoms with E-state index in [1.165, 1.54) is 25.2 Å². The Morgan fingerprint density at radius 2 is 2.20 bits per heavy atom. The first kappa shape index (κ1) is 12.7. The Morgan fingerprint density at radius 1 is 1.60 bits per heavy atom. The zero-order valence-electron chi connectivity index (χ0n) is 8.32. The van der Waals surface area contributed by atoms with E-state index in [2.05, 4.69) is 0 Å². The van der Waals surface area contributed by atoms with Crippen molar-refractivity contribution in [2.24, 2.45) is 0 Å². The maximum Gasteiger partial charge on any atom is 0.321 e. The molecule has 0 bridgehead atoms. The molecule has 6 heteroatoms. The van der Waals surface area contributed by atoms with Crippen LogP contribution in [0.3, 0.4) is 0 Å². The molecule has 0 saturated heterocycles. The minimum Gasteiger partial charge on any atom is -0.480 e. The molecule has 84 valence electrons. The quantitative estimate of drug-likeness (QED) is 0.911. The molecule has 15 heavy (non-hydrogen) atoms. The molecule has 1 N–H and O–H groups in total. The van der Waals surface area contributed by atoms with E-state index in [9.17, 15) is 9.00 Å². The van der Waals surface area contributed by atoms with Crippen LogP contribution in [0.2, 0.25) is 4.34 Å². The van der Waals surface area contributed by atoms with Crippen molar-refractivity contribution in [1.29, 1.82) is 0 Å². The van der Waals surface area contributed by atoms with E-state index in [0.29, 0.717) is 4.34 Å². The summed E-state index contributed by atoms with van der Waals surface area (Å²) < 4.78 is 11.2. The average Bonchev–Trinajstić information content (AvgIpc) is 2.50. The second kappa shape index (κ2) is 4.63. The molecule has 1 heterocycles. The van der Waals surface area contributed by atoms with Gasteiger partial charge in [-0.3, -0.25) is 9.00 Å². The first-order valence-electron chi connectivity index (χ1n) is 4.20. The molecule has 1 aromatic heterocycles. The lowest BCUT2D eigenvalue weighted by atomic mass is 10.2. The van der Waals surface area contributed by atoms with E-state index in [0.717, 1.165) is 4.88 Å². The first-order valence-corrected chi connectivity index (χ1v) is 6.71. The van der Waals surface area contributed by atoms with Gasteiger partial charge in [0, 0.05) is 15.7 Å². The number of rotatable bonds is 4. The molecule has 0 aliphatic rings. The molecule has 0 fully saturated rings. The lowest BCUT2D eigenvalue weighted by Crippen LogP contribution is -2.36. The Bertz CT molecular complexity index is 398. The van der Waals surface area contributed by atoms with Gasteiger partial charge >= 0.3 is 5.97 Å². The fourth-order valence-electron chi connectivity index (χ4n) is 0.836.